The highest BCUT2D eigenvalue weighted by Crippen LogP contribution is 2.23. The summed E-state index contributed by atoms with van der Waals surface area (Å²) < 4.78 is 5.79. The summed E-state index contributed by atoms with van der Waals surface area (Å²) in [6, 6.07) is 0.659. The molecule has 1 N–H and O–H groups in total. The van der Waals surface area contributed by atoms with Crippen LogP contribution < -0.4 is 5.32 Å². The summed E-state index contributed by atoms with van der Waals surface area (Å²) in [5.41, 5.74) is 0.240. The molecule has 2 aliphatic rings. The Hall–Kier alpha value is -0.120. The molecule has 0 bridgehead atoms. The van der Waals surface area contributed by atoms with Crippen molar-refractivity contribution in [1.82, 2.24) is 10.2 Å². The molecule has 2 saturated heterocycles. The first-order chi connectivity index (χ1) is 7.98. The zero-order valence-corrected chi connectivity index (χ0v) is 11.8. The maximum absolute atomic E-state index is 5.79. The van der Waals surface area contributed by atoms with Crippen molar-refractivity contribution in [2.75, 3.05) is 26.2 Å². The van der Waals surface area contributed by atoms with Gasteiger partial charge in [0.25, 0.3) is 0 Å². The molecule has 3 heteroatoms. The molecule has 2 atom stereocenters. The SMILES string of the molecule is CC(C)C1CNC(C)(C)CN1CC1CCCO1. The average Bonchev–Trinajstić information content (AvgIpc) is 2.68. The average molecular weight is 240 g/mol. The molecule has 2 heterocycles. The third kappa shape index (κ3) is 3.43. The Morgan fingerprint density at radius 3 is 2.76 bits per heavy atom. The molecule has 2 unspecified atom stereocenters. The fraction of sp³-hybridized carbons (Fsp3) is 1.00. The lowest BCUT2D eigenvalue weighted by molar-refractivity contribution is 0.0135. The van der Waals surface area contributed by atoms with Gasteiger partial charge in [0.2, 0.25) is 0 Å². The highest BCUT2D eigenvalue weighted by molar-refractivity contribution is 4.94. The Kier molecular flexibility index (Phi) is 4.11. The van der Waals surface area contributed by atoms with Gasteiger partial charge in [-0.3, -0.25) is 4.90 Å². The molecule has 0 aliphatic carbocycles. The van der Waals surface area contributed by atoms with Crippen molar-refractivity contribution in [3.05, 3.63) is 0 Å². The molecule has 17 heavy (non-hydrogen) atoms. The Balaban J connectivity index is 1.97. The zero-order chi connectivity index (χ0) is 12.5. The highest BCUT2D eigenvalue weighted by atomic mass is 16.5. The van der Waals surface area contributed by atoms with Gasteiger partial charge in [-0.25, -0.2) is 0 Å². The Morgan fingerprint density at radius 1 is 1.41 bits per heavy atom. The second kappa shape index (κ2) is 5.25. The summed E-state index contributed by atoms with van der Waals surface area (Å²) in [4.78, 5) is 2.65. The lowest BCUT2D eigenvalue weighted by Crippen LogP contribution is -2.63. The van der Waals surface area contributed by atoms with Gasteiger partial charge in [0.05, 0.1) is 6.10 Å². The van der Waals surface area contributed by atoms with E-state index >= 15 is 0 Å². The first kappa shape index (κ1) is 13.3. The standard InChI is InChI=1S/C14H28N2O/c1-11(2)13-8-15-14(3,4)10-16(13)9-12-6-5-7-17-12/h11-13,15H,5-10H2,1-4H3. The Morgan fingerprint density at radius 2 is 2.18 bits per heavy atom. The molecule has 0 aromatic rings. The number of piperazine rings is 1. The van der Waals surface area contributed by atoms with Crippen molar-refractivity contribution in [3.8, 4) is 0 Å². The normalized spacial score (nSPS) is 34.4. The van der Waals surface area contributed by atoms with E-state index in [0.29, 0.717) is 18.1 Å². The fourth-order valence-corrected chi connectivity index (χ4v) is 3.10. The van der Waals surface area contributed by atoms with Crippen LogP contribution in [0.25, 0.3) is 0 Å². The lowest BCUT2D eigenvalue weighted by Gasteiger charge is -2.47. The van der Waals surface area contributed by atoms with Gasteiger partial charge in [-0.15, -0.1) is 0 Å². The van der Waals surface area contributed by atoms with Crippen LogP contribution in [-0.4, -0.2) is 48.8 Å². The molecule has 0 radical (unpaired) electrons. The van der Waals surface area contributed by atoms with E-state index in [0.717, 1.165) is 26.2 Å². The van der Waals surface area contributed by atoms with E-state index in [1.165, 1.54) is 12.8 Å². The van der Waals surface area contributed by atoms with Crippen LogP contribution in [0, 0.1) is 5.92 Å². The predicted molar refractivity (Wildman–Crippen MR) is 71.3 cm³/mol. The van der Waals surface area contributed by atoms with Crippen LogP contribution in [0.1, 0.15) is 40.5 Å². The van der Waals surface area contributed by atoms with Gasteiger partial charge < -0.3 is 10.1 Å². The van der Waals surface area contributed by atoms with E-state index in [9.17, 15) is 0 Å². The largest absolute Gasteiger partial charge is 0.377 e. The fourth-order valence-electron chi connectivity index (χ4n) is 3.10. The lowest BCUT2D eigenvalue weighted by atomic mass is 9.92. The van der Waals surface area contributed by atoms with E-state index in [1.807, 2.05) is 0 Å². The van der Waals surface area contributed by atoms with Gasteiger partial charge in [0.15, 0.2) is 0 Å². The van der Waals surface area contributed by atoms with Crippen molar-refractivity contribution in [3.63, 3.8) is 0 Å². The second-order valence-electron chi connectivity index (χ2n) is 6.64. The molecule has 0 aromatic carbocycles. The minimum atomic E-state index is 0.240. The predicted octanol–water partition coefficient (Wildman–Crippen LogP) is 1.87. The number of hydrogen-bond acceptors (Lipinski definition) is 3. The highest BCUT2D eigenvalue weighted by Gasteiger charge is 2.35. The van der Waals surface area contributed by atoms with Gasteiger partial charge in [0.1, 0.15) is 0 Å². The van der Waals surface area contributed by atoms with Gasteiger partial charge in [-0.05, 0) is 32.6 Å². The van der Waals surface area contributed by atoms with Crippen LogP contribution in [0.4, 0.5) is 0 Å². The summed E-state index contributed by atoms with van der Waals surface area (Å²) in [5.74, 6) is 0.708. The number of ether oxygens (including phenoxy) is 1. The number of hydrogen-bond donors (Lipinski definition) is 1. The molecule has 3 nitrogen and oxygen atoms in total. The second-order valence-corrected chi connectivity index (χ2v) is 6.64. The van der Waals surface area contributed by atoms with E-state index in [1.54, 1.807) is 0 Å². The molecule has 2 aliphatic heterocycles. The van der Waals surface area contributed by atoms with Crippen LogP contribution in [0.15, 0.2) is 0 Å². The third-order valence-corrected chi connectivity index (χ3v) is 4.09. The summed E-state index contributed by atoms with van der Waals surface area (Å²) in [5, 5.41) is 3.66. The van der Waals surface area contributed by atoms with Crippen molar-refractivity contribution in [1.29, 1.82) is 0 Å². The molecule has 100 valence electrons. The minimum Gasteiger partial charge on any atom is -0.377 e. The first-order valence-corrected chi connectivity index (χ1v) is 7.08. The third-order valence-electron chi connectivity index (χ3n) is 4.09. The van der Waals surface area contributed by atoms with Gasteiger partial charge >= 0.3 is 0 Å². The summed E-state index contributed by atoms with van der Waals surface area (Å²) >= 11 is 0. The van der Waals surface area contributed by atoms with Crippen LogP contribution in [-0.2, 0) is 4.74 Å². The minimum absolute atomic E-state index is 0.240. The Labute approximate surface area is 106 Å². The molecule has 0 saturated carbocycles. The zero-order valence-electron chi connectivity index (χ0n) is 11.8. The molecule has 2 fully saturated rings. The topological polar surface area (TPSA) is 24.5 Å². The van der Waals surface area contributed by atoms with Crippen LogP contribution in [0.3, 0.4) is 0 Å². The van der Waals surface area contributed by atoms with Crippen molar-refractivity contribution < 1.29 is 4.74 Å². The van der Waals surface area contributed by atoms with Gasteiger partial charge in [-0.2, -0.15) is 0 Å². The maximum atomic E-state index is 5.79. The van der Waals surface area contributed by atoms with E-state index in [4.69, 9.17) is 4.74 Å². The molecular formula is C14H28N2O. The van der Waals surface area contributed by atoms with Crippen LogP contribution in [0.2, 0.25) is 0 Å². The molecule has 0 aromatic heterocycles. The molecular weight excluding hydrogens is 212 g/mol. The smallest absolute Gasteiger partial charge is 0.0702 e. The van der Waals surface area contributed by atoms with E-state index < -0.39 is 0 Å². The van der Waals surface area contributed by atoms with Crippen molar-refractivity contribution in [2.45, 2.75) is 58.2 Å². The summed E-state index contributed by atoms with van der Waals surface area (Å²) in [6.07, 6.45) is 2.96. The van der Waals surface area contributed by atoms with E-state index in [2.05, 4.69) is 37.9 Å². The van der Waals surface area contributed by atoms with Gasteiger partial charge in [0, 0.05) is 37.8 Å². The number of nitrogens with zero attached hydrogens (tertiary/aromatic N) is 1. The molecule has 2 rings (SSSR count). The number of rotatable bonds is 3. The number of nitrogens with one attached hydrogen (secondary N) is 1. The quantitative estimate of drug-likeness (QED) is 0.815. The monoisotopic (exact) mass is 240 g/mol. The first-order valence-electron chi connectivity index (χ1n) is 7.08. The van der Waals surface area contributed by atoms with Crippen molar-refractivity contribution in [2.24, 2.45) is 5.92 Å². The summed E-state index contributed by atoms with van der Waals surface area (Å²) in [7, 11) is 0. The van der Waals surface area contributed by atoms with Crippen LogP contribution >= 0.6 is 0 Å². The maximum Gasteiger partial charge on any atom is 0.0702 e. The van der Waals surface area contributed by atoms with Crippen molar-refractivity contribution >= 4 is 0 Å². The van der Waals surface area contributed by atoms with Crippen LogP contribution in [0.5, 0.6) is 0 Å². The van der Waals surface area contributed by atoms with E-state index in [-0.39, 0.29) is 5.54 Å². The Bertz CT molecular complexity index is 247. The summed E-state index contributed by atoms with van der Waals surface area (Å²) in [6.45, 7) is 13.6. The molecule has 0 spiro atoms. The van der Waals surface area contributed by atoms with Gasteiger partial charge in [-0.1, -0.05) is 13.8 Å². The molecule has 0 amide bonds.